The number of carbonyl (C=O) groups excluding carboxylic acids is 2. The lowest BCUT2D eigenvalue weighted by molar-refractivity contribution is -0.200. The van der Waals surface area contributed by atoms with Gasteiger partial charge in [0, 0.05) is 21.0 Å². The topological polar surface area (TPSA) is 77.1 Å². The molecule has 2 rings (SSSR count). The highest BCUT2D eigenvalue weighted by Crippen LogP contribution is 2.34. The Morgan fingerprint density at radius 2 is 1.45 bits per heavy atom. The molecule has 7 nitrogen and oxygen atoms in total. The molecule has 0 aliphatic carbocycles. The average molecular weight is 284 g/mol. The lowest BCUT2D eigenvalue weighted by Crippen LogP contribution is -2.67. The molecule has 1 saturated heterocycles. The number of hydrogen-bond donors (Lipinski definition) is 1. The van der Waals surface area contributed by atoms with Gasteiger partial charge in [-0.3, -0.25) is 15.0 Å². The number of esters is 2. The van der Waals surface area contributed by atoms with Crippen LogP contribution in [0.15, 0.2) is 12.2 Å². The van der Waals surface area contributed by atoms with Crippen molar-refractivity contribution in [2.75, 3.05) is 14.2 Å². The van der Waals surface area contributed by atoms with Crippen LogP contribution in [-0.2, 0) is 23.8 Å². The van der Waals surface area contributed by atoms with Gasteiger partial charge in [0.25, 0.3) is 0 Å². The Kier molecular flexibility index (Phi) is 4.42. The zero-order valence-corrected chi connectivity index (χ0v) is 12.0. The molecule has 0 aromatic carbocycles. The Morgan fingerprint density at radius 3 is 1.75 bits per heavy atom. The number of piperidine rings is 1. The van der Waals surface area contributed by atoms with E-state index in [1.807, 2.05) is 17.2 Å². The van der Waals surface area contributed by atoms with Crippen LogP contribution in [0.4, 0.5) is 0 Å². The molecule has 0 saturated carbocycles. The summed E-state index contributed by atoms with van der Waals surface area (Å²) < 4.78 is 16.2. The normalized spacial score (nSPS) is 35.9. The van der Waals surface area contributed by atoms with Crippen LogP contribution in [0.3, 0.4) is 0 Å². The molecule has 112 valence electrons. The zero-order valence-electron chi connectivity index (χ0n) is 12.0. The molecule has 0 spiro atoms. The van der Waals surface area contributed by atoms with Crippen LogP contribution in [0.5, 0.6) is 0 Å². The van der Waals surface area contributed by atoms with Gasteiger partial charge < -0.3 is 14.2 Å². The predicted octanol–water partition coefficient (Wildman–Crippen LogP) is -0.378. The van der Waals surface area contributed by atoms with Gasteiger partial charge in [-0.1, -0.05) is 12.2 Å². The van der Waals surface area contributed by atoms with Crippen molar-refractivity contribution in [1.29, 1.82) is 0 Å². The van der Waals surface area contributed by atoms with E-state index < -0.39 is 30.3 Å². The molecular formula is C13H20N2O5. The highest BCUT2D eigenvalue weighted by atomic mass is 16.6. The Labute approximate surface area is 117 Å². The van der Waals surface area contributed by atoms with E-state index in [1.165, 1.54) is 21.0 Å². The molecule has 2 aliphatic rings. The molecule has 5 atom stereocenters. The summed E-state index contributed by atoms with van der Waals surface area (Å²) in [4.78, 5) is 22.6. The zero-order chi connectivity index (χ0) is 14.9. The van der Waals surface area contributed by atoms with Crippen molar-refractivity contribution in [1.82, 2.24) is 10.4 Å². The van der Waals surface area contributed by atoms with Crippen LogP contribution in [0.2, 0.25) is 0 Å². The first-order chi connectivity index (χ1) is 9.49. The van der Waals surface area contributed by atoms with E-state index in [0.717, 1.165) is 0 Å². The fourth-order valence-electron chi connectivity index (χ4n) is 2.95. The maximum atomic E-state index is 11.3. The largest absolute Gasteiger partial charge is 0.458 e. The first kappa shape index (κ1) is 15.0. The summed E-state index contributed by atoms with van der Waals surface area (Å²) in [5.74, 6) is -0.790. The van der Waals surface area contributed by atoms with Crippen molar-refractivity contribution in [2.45, 2.75) is 44.2 Å². The van der Waals surface area contributed by atoms with Crippen molar-refractivity contribution in [2.24, 2.45) is 0 Å². The summed E-state index contributed by atoms with van der Waals surface area (Å²) in [5, 5.41) is 1.90. The van der Waals surface area contributed by atoms with Gasteiger partial charge in [-0.15, -0.1) is 0 Å². The molecule has 2 heterocycles. The van der Waals surface area contributed by atoms with Crippen molar-refractivity contribution < 1.29 is 23.8 Å². The second-order valence-corrected chi connectivity index (χ2v) is 4.85. The van der Waals surface area contributed by atoms with Crippen LogP contribution in [0, 0.1) is 0 Å². The molecule has 0 amide bonds. The molecule has 1 N–H and O–H groups in total. The number of carbonyl (C=O) groups is 2. The number of ether oxygens (including phenoxy) is 3. The second-order valence-electron chi connectivity index (χ2n) is 4.85. The Balaban J connectivity index is 2.31. The lowest BCUT2D eigenvalue weighted by atomic mass is 9.93. The van der Waals surface area contributed by atoms with Gasteiger partial charge in [0.15, 0.2) is 12.2 Å². The summed E-state index contributed by atoms with van der Waals surface area (Å²) in [6, 6.07) is -0.295. The number of hydrazine groups is 1. The van der Waals surface area contributed by atoms with Gasteiger partial charge in [0.1, 0.15) is 6.10 Å². The molecular weight excluding hydrogens is 264 g/mol. The van der Waals surface area contributed by atoms with Crippen LogP contribution in [-0.4, -0.2) is 61.5 Å². The van der Waals surface area contributed by atoms with E-state index in [0.29, 0.717) is 0 Å². The minimum absolute atomic E-state index is 0.148. The number of hydrogen-bond acceptors (Lipinski definition) is 7. The van der Waals surface area contributed by atoms with Crippen molar-refractivity contribution in [3.63, 3.8) is 0 Å². The molecule has 1 unspecified atom stereocenters. The van der Waals surface area contributed by atoms with Crippen LogP contribution in [0.25, 0.3) is 0 Å². The van der Waals surface area contributed by atoms with Crippen LogP contribution >= 0.6 is 0 Å². The summed E-state index contributed by atoms with van der Waals surface area (Å²) >= 11 is 0. The van der Waals surface area contributed by atoms with E-state index in [2.05, 4.69) is 5.43 Å². The summed E-state index contributed by atoms with van der Waals surface area (Å²) in [7, 11) is 3.29. The number of rotatable bonds is 4. The van der Waals surface area contributed by atoms with E-state index in [-0.39, 0.29) is 12.1 Å². The van der Waals surface area contributed by atoms with Gasteiger partial charge in [-0.25, -0.2) is 5.01 Å². The van der Waals surface area contributed by atoms with E-state index in [4.69, 9.17) is 14.2 Å². The molecule has 2 bridgehead atoms. The van der Waals surface area contributed by atoms with Crippen LogP contribution < -0.4 is 5.43 Å². The molecule has 7 heteroatoms. The predicted molar refractivity (Wildman–Crippen MR) is 69.5 cm³/mol. The Hall–Kier alpha value is -1.44. The fraction of sp³-hybridized carbons (Fsp3) is 0.692. The minimum Gasteiger partial charge on any atom is -0.458 e. The molecule has 1 fully saturated rings. The first-order valence-electron chi connectivity index (χ1n) is 6.51. The third-order valence-corrected chi connectivity index (χ3v) is 3.60. The summed E-state index contributed by atoms with van der Waals surface area (Å²) in [6.07, 6.45) is 2.29. The first-order valence-corrected chi connectivity index (χ1v) is 6.51. The van der Waals surface area contributed by atoms with Crippen molar-refractivity contribution in [3.05, 3.63) is 12.2 Å². The number of nitrogens with zero attached hydrogens (tertiary/aromatic N) is 1. The van der Waals surface area contributed by atoms with Gasteiger partial charge in [-0.2, -0.15) is 0 Å². The molecule has 20 heavy (non-hydrogen) atoms. The van der Waals surface area contributed by atoms with E-state index >= 15 is 0 Å². The quantitative estimate of drug-likeness (QED) is 0.557. The van der Waals surface area contributed by atoms with Crippen LogP contribution in [0.1, 0.15) is 13.8 Å². The number of fused-ring (bicyclic) bond motifs is 2. The van der Waals surface area contributed by atoms with Gasteiger partial charge in [0.2, 0.25) is 0 Å². The monoisotopic (exact) mass is 284 g/mol. The number of methoxy groups -OCH3 is 1. The smallest absolute Gasteiger partial charge is 0.303 e. The minimum atomic E-state index is -0.538. The fourth-order valence-corrected chi connectivity index (χ4v) is 2.95. The van der Waals surface area contributed by atoms with Crippen molar-refractivity contribution in [3.8, 4) is 0 Å². The van der Waals surface area contributed by atoms with E-state index in [9.17, 15) is 9.59 Å². The Morgan fingerprint density at radius 1 is 1.00 bits per heavy atom. The SMILES string of the molecule is CNN1[C@@H]2C=C[C@H]1[C@@H](OC(C)=O)C(OC)[C@H]2OC(C)=O. The summed E-state index contributed by atoms with van der Waals surface area (Å²) in [6.45, 7) is 2.70. The van der Waals surface area contributed by atoms with E-state index in [1.54, 1.807) is 7.05 Å². The number of nitrogens with one attached hydrogen (secondary N) is 1. The third-order valence-electron chi connectivity index (χ3n) is 3.60. The highest BCUT2D eigenvalue weighted by molar-refractivity contribution is 5.67. The Bertz CT molecular complexity index is 391. The van der Waals surface area contributed by atoms with Gasteiger partial charge >= 0.3 is 11.9 Å². The molecule has 0 aromatic heterocycles. The molecule has 0 radical (unpaired) electrons. The standard InChI is InChI=1S/C13H20N2O5/c1-7(16)19-11-9-5-6-10(15(9)14-3)12(13(11)18-4)20-8(2)17/h5-6,9-14H,1-4H3/t9-,10+,11+,12-,13?. The highest BCUT2D eigenvalue weighted by Gasteiger charge is 2.54. The lowest BCUT2D eigenvalue weighted by Gasteiger charge is -2.46. The van der Waals surface area contributed by atoms with Gasteiger partial charge in [-0.05, 0) is 7.05 Å². The van der Waals surface area contributed by atoms with Gasteiger partial charge in [0.05, 0.1) is 12.1 Å². The maximum absolute atomic E-state index is 11.3. The maximum Gasteiger partial charge on any atom is 0.303 e. The van der Waals surface area contributed by atoms with Crippen molar-refractivity contribution >= 4 is 11.9 Å². The molecule has 0 aromatic rings. The average Bonchev–Trinajstić information content (AvgIpc) is 2.73. The third kappa shape index (κ3) is 2.56. The second kappa shape index (κ2) is 5.90. The summed E-state index contributed by atoms with van der Waals surface area (Å²) in [5.41, 5.74) is 3.05. The molecule has 2 aliphatic heterocycles.